The SMILES string of the molecule is C(#Cc1ccncc1)C1=CCNCC1.Cl. The summed E-state index contributed by atoms with van der Waals surface area (Å²) in [6.45, 7) is 1.98. The third-order valence-corrected chi connectivity index (χ3v) is 2.11. The third-order valence-electron chi connectivity index (χ3n) is 2.11. The Morgan fingerprint density at radius 2 is 2.00 bits per heavy atom. The highest BCUT2D eigenvalue weighted by atomic mass is 35.5. The van der Waals surface area contributed by atoms with Crippen molar-refractivity contribution < 1.29 is 0 Å². The highest BCUT2D eigenvalue weighted by Gasteiger charge is 1.97. The zero-order valence-corrected chi connectivity index (χ0v) is 9.18. The Hall–Kier alpha value is -1.30. The maximum atomic E-state index is 3.95. The van der Waals surface area contributed by atoms with Crippen molar-refractivity contribution in [3.05, 3.63) is 41.7 Å². The van der Waals surface area contributed by atoms with Crippen molar-refractivity contribution in [1.29, 1.82) is 0 Å². The molecule has 78 valence electrons. The molecule has 2 rings (SSSR count). The molecule has 3 heteroatoms. The minimum atomic E-state index is 0. The van der Waals surface area contributed by atoms with E-state index in [-0.39, 0.29) is 12.4 Å². The number of hydrogen-bond donors (Lipinski definition) is 1. The fourth-order valence-corrected chi connectivity index (χ4v) is 1.32. The van der Waals surface area contributed by atoms with Gasteiger partial charge in [0.25, 0.3) is 0 Å². The van der Waals surface area contributed by atoms with Crippen LogP contribution in [-0.4, -0.2) is 18.1 Å². The second-order valence-corrected chi connectivity index (χ2v) is 3.17. The lowest BCUT2D eigenvalue weighted by Crippen LogP contribution is -2.19. The summed E-state index contributed by atoms with van der Waals surface area (Å²) in [6, 6.07) is 3.85. The largest absolute Gasteiger partial charge is 0.313 e. The maximum absolute atomic E-state index is 3.95. The van der Waals surface area contributed by atoms with Gasteiger partial charge >= 0.3 is 0 Å². The van der Waals surface area contributed by atoms with Crippen molar-refractivity contribution in [2.75, 3.05) is 13.1 Å². The molecule has 0 saturated heterocycles. The monoisotopic (exact) mass is 220 g/mol. The lowest BCUT2D eigenvalue weighted by atomic mass is 10.1. The van der Waals surface area contributed by atoms with E-state index >= 15 is 0 Å². The van der Waals surface area contributed by atoms with Gasteiger partial charge < -0.3 is 5.32 Å². The summed E-state index contributed by atoms with van der Waals surface area (Å²) < 4.78 is 0. The molecule has 0 aromatic carbocycles. The van der Waals surface area contributed by atoms with E-state index in [1.54, 1.807) is 12.4 Å². The van der Waals surface area contributed by atoms with Crippen molar-refractivity contribution in [2.24, 2.45) is 0 Å². The van der Waals surface area contributed by atoms with E-state index in [2.05, 4.69) is 28.2 Å². The first-order chi connectivity index (χ1) is 6.95. The van der Waals surface area contributed by atoms with E-state index in [0.29, 0.717) is 0 Å². The van der Waals surface area contributed by atoms with Gasteiger partial charge in [0, 0.05) is 36.6 Å². The van der Waals surface area contributed by atoms with Crippen LogP contribution < -0.4 is 5.32 Å². The average Bonchev–Trinajstić information content (AvgIpc) is 2.29. The topological polar surface area (TPSA) is 24.9 Å². The van der Waals surface area contributed by atoms with Crippen molar-refractivity contribution in [3.63, 3.8) is 0 Å². The molecular formula is C12H13ClN2. The first kappa shape index (κ1) is 11.8. The molecule has 1 N–H and O–H groups in total. The molecule has 0 amide bonds. The molecule has 1 aromatic rings. The zero-order chi connectivity index (χ0) is 9.64. The highest BCUT2D eigenvalue weighted by Crippen LogP contribution is 2.02. The summed E-state index contributed by atoms with van der Waals surface area (Å²) in [4.78, 5) is 3.95. The van der Waals surface area contributed by atoms with Crippen LogP contribution in [0.25, 0.3) is 0 Å². The van der Waals surface area contributed by atoms with Crippen LogP contribution in [0.5, 0.6) is 0 Å². The average molecular weight is 221 g/mol. The predicted molar refractivity (Wildman–Crippen MR) is 63.9 cm³/mol. The second-order valence-electron chi connectivity index (χ2n) is 3.17. The molecule has 0 aliphatic carbocycles. The van der Waals surface area contributed by atoms with Gasteiger partial charge in [0.1, 0.15) is 0 Å². The van der Waals surface area contributed by atoms with Gasteiger partial charge in [-0.15, -0.1) is 12.4 Å². The van der Waals surface area contributed by atoms with Crippen LogP contribution >= 0.6 is 12.4 Å². The van der Waals surface area contributed by atoms with Gasteiger partial charge in [-0.3, -0.25) is 4.98 Å². The van der Waals surface area contributed by atoms with Crippen LogP contribution in [0.2, 0.25) is 0 Å². The highest BCUT2D eigenvalue weighted by molar-refractivity contribution is 5.85. The molecule has 0 radical (unpaired) electrons. The van der Waals surface area contributed by atoms with Gasteiger partial charge in [-0.05, 0) is 18.6 Å². The molecule has 0 saturated carbocycles. The smallest absolute Gasteiger partial charge is 0.0280 e. The number of aromatic nitrogens is 1. The molecule has 0 unspecified atom stereocenters. The van der Waals surface area contributed by atoms with E-state index < -0.39 is 0 Å². The van der Waals surface area contributed by atoms with Crippen LogP contribution in [0.15, 0.2) is 36.2 Å². The standard InChI is InChI=1S/C12H12N2.ClH/c1(11-3-7-13-8-4-11)2-12-5-9-14-10-6-12;/h3-5,7-8,14H,6,9-10H2;1H. The van der Waals surface area contributed by atoms with Crippen LogP contribution in [-0.2, 0) is 0 Å². The number of rotatable bonds is 0. The molecular weight excluding hydrogens is 208 g/mol. The summed E-state index contributed by atoms with van der Waals surface area (Å²) in [5.41, 5.74) is 2.26. The van der Waals surface area contributed by atoms with Crippen molar-refractivity contribution in [2.45, 2.75) is 6.42 Å². The van der Waals surface area contributed by atoms with Crippen molar-refractivity contribution >= 4 is 12.4 Å². The van der Waals surface area contributed by atoms with Gasteiger partial charge in [0.15, 0.2) is 0 Å². The van der Waals surface area contributed by atoms with Crippen LogP contribution in [0.1, 0.15) is 12.0 Å². The van der Waals surface area contributed by atoms with Gasteiger partial charge in [-0.25, -0.2) is 0 Å². The number of nitrogens with one attached hydrogen (secondary N) is 1. The minimum absolute atomic E-state index is 0. The van der Waals surface area contributed by atoms with Gasteiger partial charge in [-0.1, -0.05) is 17.9 Å². The predicted octanol–water partition coefficient (Wildman–Crippen LogP) is 1.77. The minimum Gasteiger partial charge on any atom is -0.313 e. The molecule has 1 aliphatic heterocycles. The quantitative estimate of drug-likeness (QED) is 0.675. The third kappa shape index (κ3) is 3.75. The van der Waals surface area contributed by atoms with E-state index in [9.17, 15) is 0 Å². The Bertz CT molecular complexity index is 387. The van der Waals surface area contributed by atoms with Crippen LogP contribution in [0.4, 0.5) is 0 Å². The number of pyridine rings is 1. The molecule has 2 nitrogen and oxygen atoms in total. The molecule has 0 spiro atoms. The summed E-state index contributed by atoms with van der Waals surface area (Å²) >= 11 is 0. The maximum Gasteiger partial charge on any atom is 0.0280 e. The van der Waals surface area contributed by atoms with Gasteiger partial charge in [-0.2, -0.15) is 0 Å². The summed E-state index contributed by atoms with van der Waals surface area (Å²) in [5.74, 6) is 6.31. The Kier molecular flexibility index (Phi) is 4.89. The fourth-order valence-electron chi connectivity index (χ4n) is 1.32. The van der Waals surface area contributed by atoms with E-state index in [1.807, 2.05) is 12.1 Å². The summed E-state index contributed by atoms with van der Waals surface area (Å²) in [7, 11) is 0. The Morgan fingerprint density at radius 3 is 2.67 bits per heavy atom. The van der Waals surface area contributed by atoms with Crippen LogP contribution in [0, 0.1) is 11.8 Å². The number of nitrogens with zero attached hydrogens (tertiary/aromatic N) is 1. The summed E-state index contributed by atoms with van der Waals surface area (Å²) in [5, 5.41) is 3.26. The van der Waals surface area contributed by atoms with Crippen LogP contribution in [0.3, 0.4) is 0 Å². The molecule has 1 aromatic heterocycles. The second kappa shape index (κ2) is 6.23. The van der Waals surface area contributed by atoms with Crippen molar-refractivity contribution in [1.82, 2.24) is 10.3 Å². The number of halogens is 1. The molecule has 0 fully saturated rings. The molecule has 0 atom stereocenters. The van der Waals surface area contributed by atoms with E-state index in [4.69, 9.17) is 0 Å². The fraction of sp³-hybridized carbons (Fsp3) is 0.250. The van der Waals surface area contributed by atoms with E-state index in [0.717, 1.165) is 25.1 Å². The molecule has 2 heterocycles. The first-order valence-corrected chi connectivity index (χ1v) is 4.77. The Morgan fingerprint density at radius 1 is 1.20 bits per heavy atom. The Labute approximate surface area is 96.2 Å². The van der Waals surface area contributed by atoms with Gasteiger partial charge in [0.05, 0.1) is 0 Å². The zero-order valence-electron chi connectivity index (χ0n) is 8.36. The normalized spacial score (nSPS) is 14.3. The lowest BCUT2D eigenvalue weighted by Gasteiger charge is -2.07. The molecule has 0 bridgehead atoms. The molecule has 1 aliphatic rings. The first-order valence-electron chi connectivity index (χ1n) is 4.77. The lowest BCUT2D eigenvalue weighted by molar-refractivity contribution is 0.715. The summed E-state index contributed by atoms with van der Waals surface area (Å²) in [6.07, 6.45) is 6.72. The number of hydrogen-bond acceptors (Lipinski definition) is 2. The van der Waals surface area contributed by atoms with Gasteiger partial charge in [0.2, 0.25) is 0 Å². The van der Waals surface area contributed by atoms with E-state index in [1.165, 1.54) is 5.57 Å². The molecule has 15 heavy (non-hydrogen) atoms. The van der Waals surface area contributed by atoms with Crippen molar-refractivity contribution in [3.8, 4) is 11.8 Å². The Balaban J connectivity index is 0.00000112.